The lowest BCUT2D eigenvalue weighted by molar-refractivity contribution is -0.120. The van der Waals surface area contributed by atoms with Crippen LogP contribution >= 0.6 is 0 Å². The van der Waals surface area contributed by atoms with Crippen molar-refractivity contribution < 1.29 is 17.6 Å². The molecular weight excluding hydrogens is 493 g/mol. The zero-order valence-corrected chi connectivity index (χ0v) is 22.1. The number of Topliss-reactive ketones (excluding diaryl/α,β-unsaturated/α-hetero) is 1. The van der Waals surface area contributed by atoms with Gasteiger partial charge in [0.25, 0.3) is 0 Å². The summed E-state index contributed by atoms with van der Waals surface area (Å²) >= 11 is 0. The molecule has 1 N–H and O–H groups in total. The fraction of sp³-hybridized carbons (Fsp3) is 0.370. The molecular formula is C27H32FN5O3S. The molecule has 1 aliphatic rings. The average Bonchev–Trinajstić information content (AvgIpc) is 2.88. The van der Waals surface area contributed by atoms with Gasteiger partial charge in [0, 0.05) is 62.3 Å². The van der Waals surface area contributed by atoms with Crippen LogP contribution in [0.5, 0.6) is 0 Å². The topological polar surface area (TPSA) is 95.5 Å². The zero-order valence-electron chi connectivity index (χ0n) is 21.3. The van der Waals surface area contributed by atoms with Crippen LogP contribution in [0.25, 0.3) is 0 Å². The lowest BCUT2D eigenvalue weighted by Crippen LogP contribution is -2.47. The number of piperazine rings is 1. The molecule has 0 spiro atoms. The van der Waals surface area contributed by atoms with Crippen LogP contribution in [-0.4, -0.2) is 56.6 Å². The summed E-state index contributed by atoms with van der Waals surface area (Å²) in [6.45, 7) is 7.08. The number of aryl methyl sites for hydroxylation is 2. The van der Waals surface area contributed by atoms with Crippen LogP contribution in [0.3, 0.4) is 0 Å². The van der Waals surface area contributed by atoms with Gasteiger partial charge in [-0.3, -0.25) is 14.5 Å². The molecule has 10 heteroatoms. The van der Waals surface area contributed by atoms with E-state index in [1.54, 1.807) is 25.4 Å². The third kappa shape index (κ3) is 6.82. The van der Waals surface area contributed by atoms with Crippen LogP contribution in [0.15, 0.2) is 54.9 Å². The molecule has 1 aliphatic heterocycles. The molecule has 8 nitrogen and oxygen atoms in total. The minimum absolute atomic E-state index is 0.0164. The standard InChI is InChI=1S/C27H32FN5O3S/c1-19-4-5-21(27(30-19)33-16-14-32(15-17-33)23-10-12-29-13-11-23)7-9-26(34)20(2)22-6-8-25(24(28)18-22)31-37(3,35)36/h4-6,8,10-13,18,20,31H,7,9,14-17H2,1-3H3. The second-order valence-electron chi connectivity index (χ2n) is 9.42. The summed E-state index contributed by atoms with van der Waals surface area (Å²) in [5, 5.41) is 0. The lowest BCUT2D eigenvalue weighted by Gasteiger charge is -2.37. The highest BCUT2D eigenvalue weighted by atomic mass is 32.2. The Bertz CT molecular complexity index is 1360. The van der Waals surface area contributed by atoms with Gasteiger partial charge >= 0.3 is 0 Å². The highest BCUT2D eigenvalue weighted by Gasteiger charge is 2.22. The third-order valence-electron chi connectivity index (χ3n) is 6.61. The van der Waals surface area contributed by atoms with E-state index < -0.39 is 21.8 Å². The number of nitrogens with one attached hydrogen (secondary N) is 1. The van der Waals surface area contributed by atoms with Crippen LogP contribution in [0, 0.1) is 12.7 Å². The number of sulfonamides is 1. The molecule has 1 aromatic carbocycles. The van der Waals surface area contributed by atoms with E-state index in [2.05, 4.69) is 19.5 Å². The van der Waals surface area contributed by atoms with Crippen LogP contribution in [0.1, 0.15) is 36.1 Å². The maximum atomic E-state index is 14.4. The fourth-order valence-electron chi connectivity index (χ4n) is 4.52. The molecule has 3 heterocycles. The Balaban J connectivity index is 1.41. The lowest BCUT2D eigenvalue weighted by atomic mass is 9.92. The molecule has 0 aliphatic carbocycles. The highest BCUT2D eigenvalue weighted by Crippen LogP contribution is 2.27. The van der Waals surface area contributed by atoms with Crippen molar-refractivity contribution in [3.05, 3.63) is 77.5 Å². The second-order valence-corrected chi connectivity index (χ2v) is 11.2. The minimum atomic E-state index is -3.59. The monoisotopic (exact) mass is 525 g/mol. The molecule has 37 heavy (non-hydrogen) atoms. The van der Waals surface area contributed by atoms with Crippen LogP contribution in [-0.2, 0) is 21.2 Å². The van der Waals surface area contributed by atoms with E-state index in [0.717, 1.165) is 55.2 Å². The van der Waals surface area contributed by atoms with Gasteiger partial charge in [-0.05, 0) is 54.8 Å². The van der Waals surface area contributed by atoms with E-state index in [0.29, 0.717) is 18.4 Å². The van der Waals surface area contributed by atoms with Crippen LogP contribution in [0.4, 0.5) is 21.6 Å². The number of halogens is 1. The molecule has 1 saturated heterocycles. The van der Waals surface area contributed by atoms with Crippen molar-refractivity contribution in [1.82, 2.24) is 9.97 Å². The van der Waals surface area contributed by atoms with E-state index in [1.807, 2.05) is 31.2 Å². The van der Waals surface area contributed by atoms with Gasteiger partial charge in [-0.2, -0.15) is 0 Å². The number of rotatable bonds is 9. The zero-order chi connectivity index (χ0) is 26.6. The number of aromatic nitrogens is 2. The molecule has 4 rings (SSSR count). The number of hydrogen-bond acceptors (Lipinski definition) is 7. The number of pyridine rings is 2. The molecule has 1 fully saturated rings. The number of anilines is 3. The Hall–Kier alpha value is -3.53. The molecule has 0 saturated carbocycles. The molecule has 3 aromatic rings. The first-order valence-electron chi connectivity index (χ1n) is 12.3. The van der Waals surface area contributed by atoms with Crippen molar-refractivity contribution in [2.45, 2.75) is 32.6 Å². The molecule has 196 valence electrons. The summed E-state index contributed by atoms with van der Waals surface area (Å²) in [5.41, 5.74) is 3.47. The molecule has 1 atom stereocenters. The number of benzene rings is 1. The van der Waals surface area contributed by atoms with Crippen molar-refractivity contribution in [3.63, 3.8) is 0 Å². The van der Waals surface area contributed by atoms with Gasteiger partial charge in [0.1, 0.15) is 17.4 Å². The Morgan fingerprint density at radius 3 is 2.38 bits per heavy atom. The van der Waals surface area contributed by atoms with E-state index in [4.69, 9.17) is 4.98 Å². The summed E-state index contributed by atoms with van der Waals surface area (Å²) in [7, 11) is -3.59. The van der Waals surface area contributed by atoms with Crippen molar-refractivity contribution in [3.8, 4) is 0 Å². The fourth-order valence-corrected chi connectivity index (χ4v) is 5.08. The third-order valence-corrected chi connectivity index (χ3v) is 7.21. The summed E-state index contributed by atoms with van der Waals surface area (Å²) in [6.07, 6.45) is 5.39. The predicted molar refractivity (Wildman–Crippen MR) is 144 cm³/mol. The van der Waals surface area contributed by atoms with Crippen molar-refractivity contribution in [2.75, 3.05) is 47.0 Å². The first-order chi connectivity index (χ1) is 17.6. The SMILES string of the molecule is Cc1ccc(CCC(=O)C(C)c2ccc(NS(C)(=O)=O)c(F)c2)c(N2CCN(c3ccncc3)CC2)n1. The highest BCUT2D eigenvalue weighted by molar-refractivity contribution is 7.92. The summed E-state index contributed by atoms with van der Waals surface area (Å²) in [6, 6.07) is 12.2. The van der Waals surface area contributed by atoms with Crippen LogP contribution < -0.4 is 14.5 Å². The van der Waals surface area contributed by atoms with Gasteiger partial charge in [0.15, 0.2) is 0 Å². The van der Waals surface area contributed by atoms with Crippen molar-refractivity contribution in [1.29, 1.82) is 0 Å². The molecule has 0 radical (unpaired) electrons. The number of carbonyl (C=O) groups is 1. The largest absolute Gasteiger partial charge is 0.368 e. The van der Waals surface area contributed by atoms with Gasteiger partial charge in [0.05, 0.1) is 11.9 Å². The van der Waals surface area contributed by atoms with Gasteiger partial charge in [-0.15, -0.1) is 0 Å². The van der Waals surface area contributed by atoms with Crippen LogP contribution in [0.2, 0.25) is 0 Å². The van der Waals surface area contributed by atoms with Gasteiger partial charge < -0.3 is 9.80 Å². The number of hydrogen-bond donors (Lipinski definition) is 1. The first kappa shape index (κ1) is 26.5. The quantitative estimate of drug-likeness (QED) is 0.452. The van der Waals surface area contributed by atoms with E-state index in [9.17, 15) is 17.6 Å². The van der Waals surface area contributed by atoms with Crippen molar-refractivity contribution >= 4 is 33.0 Å². The normalized spacial score (nSPS) is 14.9. The number of carbonyl (C=O) groups excluding carboxylic acids is 1. The smallest absolute Gasteiger partial charge is 0.229 e. The molecule has 1 unspecified atom stereocenters. The Labute approximate surface area is 217 Å². The van der Waals surface area contributed by atoms with Gasteiger partial charge in [-0.1, -0.05) is 19.1 Å². The molecule has 0 bridgehead atoms. The van der Waals surface area contributed by atoms with Gasteiger partial charge in [-0.25, -0.2) is 17.8 Å². The van der Waals surface area contributed by atoms with E-state index >= 15 is 0 Å². The molecule has 0 amide bonds. The summed E-state index contributed by atoms with van der Waals surface area (Å²) < 4.78 is 39.4. The minimum Gasteiger partial charge on any atom is -0.368 e. The predicted octanol–water partition coefficient (Wildman–Crippen LogP) is 3.93. The van der Waals surface area contributed by atoms with Gasteiger partial charge in [0.2, 0.25) is 10.0 Å². The van der Waals surface area contributed by atoms with Crippen molar-refractivity contribution in [2.24, 2.45) is 0 Å². The number of nitrogens with zero attached hydrogens (tertiary/aromatic N) is 4. The molecule has 2 aromatic heterocycles. The Morgan fingerprint density at radius 1 is 1.05 bits per heavy atom. The Morgan fingerprint density at radius 2 is 1.73 bits per heavy atom. The first-order valence-corrected chi connectivity index (χ1v) is 14.2. The summed E-state index contributed by atoms with van der Waals surface area (Å²) in [4.78, 5) is 26.5. The van der Waals surface area contributed by atoms with E-state index in [-0.39, 0.29) is 11.5 Å². The Kier molecular flexibility index (Phi) is 8.06. The average molecular weight is 526 g/mol. The number of ketones is 1. The maximum absolute atomic E-state index is 14.4. The van der Waals surface area contributed by atoms with E-state index in [1.165, 1.54) is 12.1 Å². The maximum Gasteiger partial charge on any atom is 0.229 e. The second kappa shape index (κ2) is 11.2. The summed E-state index contributed by atoms with van der Waals surface area (Å²) in [5.74, 6) is -0.333.